The van der Waals surface area contributed by atoms with E-state index in [1.54, 1.807) is 24.3 Å². The van der Waals surface area contributed by atoms with Gasteiger partial charge in [0.2, 0.25) is 0 Å². The van der Waals surface area contributed by atoms with E-state index in [9.17, 15) is 4.79 Å². The lowest BCUT2D eigenvalue weighted by Gasteiger charge is -2.34. The summed E-state index contributed by atoms with van der Waals surface area (Å²) in [5.74, 6) is 5.40. The molecule has 2 heteroatoms. The minimum atomic E-state index is -0.922. The van der Waals surface area contributed by atoms with Crippen molar-refractivity contribution in [1.82, 2.24) is 0 Å². The molecule has 2 aromatic carbocycles. The van der Waals surface area contributed by atoms with Crippen molar-refractivity contribution in [3.63, 3.8) is 0 Å². The van der Waals surface area contributed by atoms with Crippen LogP contribution in [0.4, 0.5) is 0 Å². The Hall–Kier alpha value is -2.79. The summed E-state index contributed by atoms with van der Waals surface area (Å²) in [5.41, 5.74) is 7.68. The number of carbonyl (C=O) groups is 1. The molecule has 1 aliphatic carbocycles. The zero-order valence-corrected chi connectivity index (χ0v) is 15.1. The van der Waals surface area contributed by atoms with Gasteiger partial charge in [-0.15, -0.1) is 0 Å². The van der Waals surface area contributed by atoms with Crippen LogP contribution in [0.15, 0.2) is 48.0 Å². The molecule has 1 N–H and O–H groups in total. The lowest BCUT2D eigenvalue weighted by molar-refractivity contribution is 0.0697. The average Bonchev–Trinajstić information content (AvgIpc) is 2.58. The van der Waals surface area contributed by atoms with Crippen molar-refractivity contribution in [3.05, 3.63) is 75.9 Å². The van der Waals surface area contributed by atoms with E-state index in [4.69, 9.17) is 5.11 Å². The molecule has 2 aromatic rings. The van der Waals surface area contributed by atoms with E-state index in [0.717, 1.165) is 17.5 Å². The van der Waals surface area contributed by atoms with Crippen LogP contribution in [0.2, 0.25) is 0 Å². The Morgan fingerprint density at radius 1 is 1.00 bits per heavy atom. The Balaban J connectivity index is 1.95. The summed E-state index contributed by atoms with van der Waals surface area (Å²) in [7, 11) is 0. The van der Waals surface area contributed by atoms with Crippen LogP contribution in [0.25, 0.3) is 5.57 Å². The summed E-state index contributed by atoms with van der Waals surface area (Å²) in [6.07, 6.45) is 1.09. The number of fused-ring (bicyclic) bond motifs is 1. The van der Waals surface area contributed by atoms with E-state index in [2.05, 4.69) is 57.7 Å². The molecule has 0 saturated carbocycles. The Morgan fingerprint density at radius 2 is 1.60 bits per heavy atom. The predicted octanol–water partition coefficient (Wildman–Crippen LogP) is 5.26. The minimum absolute atomic E-state index is 0.150. The Bertz CT molecular complexity index is 932. The number of carboxylic acid groups (broad SMARTS) is 1. The molecule has 0 aromatic heterocycles. The fourth-order valence-corrected chi connectivity index (χ4v) is 3.48. The summed E-state index contributed by atoms with van der Waals surface area (Å²) in [4.78, 5) is 10.9. The summed E-state index contributed by atoms with van der Waals surface area (Å²) in [6.45, 7) is 8.97. The van der Waals surface area contributed by atoms with Crippen LogP contribution in [0.1, 0.15) is 66.7 Å². The molecule has 0 atom stereocenters. The fraction of sp³-hybridized carbons (Fsp3) is 0.261. The molecule has 25 heavy (non-hydrogen) atoms. The third-order valence-electron chi connectivity index (χ3n) is 4.98. The van der Waals surface area contributed by atoms with Crippen molar-refractivity contribution < 1.29 is 9.90 Å². The Labute approximate surface area is 149 Å². The average molecular weight is 330 g/mol. The zero-order chi connectivity index (χ0) is 18.2. The van der Waals surface area contributed by atoms with Crippen molar-refractivity contribution >= 4 is 11.5 Å². The van der Waals surface area contributed by atoms with Crippen LogP contribution in [-0.4, -0.2) is 11.1 Å². The first-order valence-electron chi connectivity index (χ1n) is 8.44. The molecular formula is C23H22O2. The molecule has 0 amide bonds. The molecule has 0 radical (unpaired) electrons. The van der Waals surface area contributed by atoms with Crippen molar-refractivity contribution in [1.29, 1.82) is 0 Å². The van der Waals surface area contributed by atoms with Gasteiger partial charge in [0.15, 0.2) is 0 Å². The summed E-state index contributed by atoms with van der Waals surface area (Å²) >= 11 is 0. The third-order valence-corrected chi connectivity index (χ3v) is 4.98. The van der Waals surface area contributed by atoms with Gasteiger partial charge in [0.05, 0.1) is 5.56 Å². The summed E-state index contributed by atoms with van der Waals surface area (Å²) < 4.78 is 0. The van der Waals surface area contributed by atoms with E-state index in [1.165, 1.54) is 22.3 Å². The highest BCUT2D eigenvalue weighted by atomic mass is 16.4. The first-order valence-corrected chi connectivity index (χ1v) is 8.44. The maximum absolute atomic E-state index is 10.9. The van der Waals surface area contributed by atoms with Crippen molar-refractivity contribution in [2.45, 2.75) is 39.5 Å². The highest BCUT2D eigenvalue weighted by molar-refractivity contribution is 5.87. The number of rotatable bonds is 1. The largest absolute Gasteiger partial charge is 0.478 e. The van der Waals surface area contributed by atoms with Crippen molar-refractivity contribution in [3.8, 4) is 11.8 Å². The number of carboxylic acids is 1. The highest BCUT2D eigenvalue weighted by Crippen LogP contribution is 2.42. The standard InChI is InChI=1S/C23H22O2/c1-15-14-23(3,4)21-12-9-18(13-20(21)16(15)2)6-5-17-7-10-19(11-8-17)22(24)25/h7-13H,14H2,1-4H3,(H,24,25). The normalized spacial score (nSPS) is 15.2. The Morgan fingerprint density at radius 3 is 2.24 bits per heavy atom. The van der Waals surface area contributed by atoms with Gasteiger partial charge in [-0.05, 0) is 78.8 Å². The molecule has 0 heterocycles. The first-order chi connectivity index (χ1) is 11.8. The number of aromatic carboxylic acids is 1. The van der Waals surface area contributed by atoms with E-state index in [-0.39, 0.29) is 11.0 Å². The fourth-order valence-electron chi connectivity index (χ4n) is 3.48. The molecule has 0 saturated heterocycles. The maximum Gasteiger partial charge on any atom is 0.335 e. The monoisotopic (exact) mass is 330 g/mol. The number of hydrogen-bond acceptors (Lipinski definition) is 1. The van der Waals surface area contributed by atoms with Gasteiger partial charge in [0.25, 0.3) is 0 Å². The van der Waals surface area contributed by atoms with Crippen LogP contribution in [0.5, 0.6) is 0 Å². The quantitative estimate of drug-likeness (QED) is 0.724. The van der Waals surface area contributed by atoms with Gasteiger partial charge in [0.1, 0.15) is 0 Å². The van der Waals surface area contributed by atoms with Crippen molar-refractivity contribution in [2.75, 3.05) is 0 Å². The van der Waals surface area contributed by atoms with Gasteiger partial charge in [-0.25, -0.2) is 4.79 Å². The maximum atomic E-state index is 10.9. The lowest BCUT2D eigenvalue weighted by Crippen LogP contribution is -2.23. The second kappa shape index (κ2) is 6.26. The minimum Gasteiger partial charge on any atom is -0.478 e. The summed E-state index contributed by atoms with van der Waals surface area (Å²) in [5, 5.41) is 8.94. The predicted molar refractivity (Wildman–Crippen MR) is 102 cm³/mol. The molecule has 126 valence electrons. The first kappa shape index (κ1) is 17.0. The van der Waals surface area contributed by atoms with Crippen LogP contribution < -0.4 is 0 Å². The number of hydrogen-bond donors (Lipinski definition) is 1. The van der Waals surface area contributed by atoms with Crippen molar-refractivity contribution in [2.24, 2.45) is 0 Å². The second-order valence-corrected chi connectivity index (χ2v) is 7.36. The summed E-state index contributed by atoms with van der Waals surface area (Å²) in [6, 6.07) is 13.1. The van der Waals surface area contributed by atoms with Gasteiger partial charge in [-0.2, -0.15) is 0 Å². The highest BCUT2D eigenvalue weighted by Gasteiger charge is 2.29. The second-order valence-electron chi connectivity index (χ2n) is 7.36. The van der Waals surface area contributed by atoms with Gasteiger partial charge in [-0.1, -0.05) is 37.3 Å². The number of allylic oxidation sites excluding steroid dienone is 2. The molecule has 0 bridgehead atoms. The third kappa shape index (κ3) is 3.37. The van der Waals surface area contributed by atoms with E-state index >= 15 is 0 Å². The van der Waals surface area contributed by atoms with E-state index in [1.807, 2.05) is 0 Å². The van der Waals surface area contributed by atoms with E-state index in [0.29, 0.717) is 0 Å². The van der Waals surface area contributed by atoms with Crippen LogP contribution >= 0.6 is 0 Å². The molecular weight excluding hydrogens is 308 g/mol. The molecule has 1 aliphatic rings. The Kier molecular flexibility index (Phi) is 4.27. The number of benzene rings is 2. The van der Waals surface area contributed by atoms with Gasteiger partial charge in [-0.3, -0.25) is 0 Å². The van der Waals surface area contributed by atoms with Gasteiger partial charge in [0, 0.05) is 11.1 Å². The molecule has 0 spiro atoms. The molecule has 2 nitrogen and oxygen atoms in total. The van der Waals surface area contributed by atoms with Gasteiger partial charge >= 0.3 is 5.97 Å². The smallest absolute Gasteiger partial charge is 0.335 e. The topological polar surface area (TPSA) is 37.3 Å². The molecule has 3 rings (SSSR count). The SMILES string of the molecule is CC1=C(C)c2cc(C#Cc3ccc(C(=O)O)cc3)ccc2C(C)(C)C1. The molecule has 0 fully saturated rings. The lowest BCUT2D eigenvalue weighted by atomic mass is 9.70. The molecule has 0 unspecified atom stereocenters. The van der Waals surface area contributed by atoms with Crippen LogP contribution in [-0.2, 0) is 5.41 Å². The zero-order valence-electron chi connectivity index (χ0n) is 15.1. The van der Waals surface area contributed by atoms with Crippen LogP contribution in [0.3, 0.4) is 0 Å². The molecule has 0 aliphatic heterocycles. The van der Waals surface area contributed by atoms with Crippen LogP contribution in [0, 0.1) is 11.8 Å². The van der Waals surface area contributed by atoms with Gasteiger partial charge < -0.3 is 5.11 Å². The van der Waals surface area contributed by atoms with E-state index < -0.39 is 5.97 Å².